The molecule has 0 spiro atoms. The summed E-state index contributed by atoms with van der Waals surface area (Å²) in [5.41, 5.74) is -6.32. The molecule has 11 nitrogen and oxygen atoms in total. The molecule has 0 radical (unpaired) electrons. The van der Waals surface area contributed by atoms with Crippen LogP contribution in [0.1, 0.15) is 27.0 Å². The van der Waals surface area contributed by atoms with Gasteiger partial charge in [0.1, 0.15) is 16.8 Å². The van der Waals surface area contributed by atoms with Gasteiger partial charge in [0, 0.05) is 6.20 Å². The number of halogens is 5. The highest BCUT2D eigenvalue weighted by molar-refractivity contribution is 8.09. The van der Waals surface area contributed by atoms with Gasteiger partial charge in [-0.3, -0.25) is 19.1 Å². The predicted molar refractivity (Wildman–Crippen MR) is 137 cm³/mol. The number of rotatable bonds is 11. The molecule has 1 aromatic carbocycles. The van der Waals surface area contributed by atoms with Gasteiger partial charge in [-0.05, 0) is 44.7 Å². The Bertz CT molecular complexity index is 1380. The SMILES string of the molecule is CC(C)OC(=O)C(C)NP(=S)(OCC1(C(F)F)OC(n2cc(Cl)c(=O)[nH]c2=O)C(O)C1(F)F)Oc1ccccc1. The summed E-state index contributed by atoms with van der Waals surface area (Å²) in [6.07, 6.45) is -9.43. The number of carbonyl (C=O) groups is 1. The minimum atomic E-state index is -4.75. The molecule has 0 saturated carbocycles. The molecular formula is C22H25ClF4N3O8PS. The van der Waals surface area contributed by atoms with E-state index in [4.69, 9.17) is 41.9 Å². The number of carbonyl (C=O) groups excluding carboxylic acids is 1. The van der Waals surface area contributed by atoms with Gasteiger partial charge in [-0.1, -0.05) is 29.8 Å². The van der Waals surface area contributed by atoms with E-state index in [1.54, 1.807) is 24.9 Å². The first kappa shape index (κ1) is 32.2. The number of nitrogens with one attached hydrogen (secondary N) is 2. The Morgan fingerprint density at radius 3 is 2.48 bits per heavy atom. The Morgan fingerprint density at radius 1 is 1.27 bits per heavy atom. The lowest BCUT2D eigenvalue weighted by atomic mass is 9.95. The van der Waals surface area contributed by atoms with Crippen LogP contribution in [0.5, 0.6) is 5.75 Å². The molecule has 0 aliphatic carbocycles. The Balaban J connectivity index is 1.98. The van der Waals surface area contributed by atoms with Crippen LogP contribution in [0.15, 0.2) is 46.1 Å². The zero-order valence-electron chi connectivity index (χ0n) is 21.1. The minimum Gasteiger partial charge on any atom is -0.462 e. The Kier molecular flexibility index (Phi) is 9.87. The van der Waals surface area contributed by atoms with Crippen molar-refractivity contribution in [1.82, 2.24) is 14.6 Å². The van der Waals surface area contributed by atoms with Crippen LogP contribution in [0.4, 0.5) is 17.6 Å². The fraction of sp³-hybridized carbons (Fsp3) is 0.500. The normalized spacial score (nSPS) is 24.6. The van der Waals surface area contributed by atoms with Gasteiger partial charge in [-0.25, -0.2) is 18.7 Å². The number of alkyl halides is 4. The summed E-state index contributed by atoms with van der Waals surface area (Å²) >= 11 is 11.0. The zero-order chi connectivity index (χ0) is 30.0. The third-order valence-corrected chi connectivity index (χ3v) is 8.31. The summed E-state index contributed by atoms with van der Waals surface area (Å²) in [5, 5.41) is 12.2. The van der Waals surface area contributed by atoms with Crippen molar-refractivity contribution in [3.05, 3.63) is 62.4 Å². The number of aliphatic hydroxyl groups is 1. The van der Waals surface area contributed by atoms with Gasteiger partial charge in [0.15, 0.2) is 12.3 Å². The molecule has 5 unspecified atom stereocenters. The highest BCUT2D eigenvalue weighted by Crippen LogP contribution is 2.54. The van der Waals surface area contributed by atoms with Crippen LogP contribution in [0, 0.1) is 0 Å². The summed E-state index contributed by atoms with van der Waals surface area (Å²) in [5.74, 6) is -5.51. The smallest absolute Gasteiger partial charge is 0.330 e. The zero-order valence-corrected chi connectivity index (χ0v) is 23.5. The van der Waals surface area contributed by atoms with Gasteiger partial charge in [0.2, 0.25) is 5.60 Å². The Hall–Kier alpha value is -2.33. The van der Waals surface area contributed by atoms with E-state index in [2.05, 4.69) is 5.09 Å². The third kappa shape index (κ3) is 6.59. The lowest BCUT2D eigenvalue weighted by Crippen LogP contribution is -2.57. The van der Waals surface area contributed by atoms with Crippen LogP contribution >= 0.6 is 18.2 Å². The maximum atomic E-state index is 15.4. The molecule has 1 fully saturated rings. The van der Waals surface area contributed by atoms with Crippen LogP contribution in [-0.2, 0) is 30.6 Å². The highest BCUT2D eigenvalue weighted by atomic mass is 35.5. The average Bonchev–Trinajstić information content (AvgIpc) is 3.06. The molecule has 0 amide bonds. The number of ether oxygens (including phenoxy) is 2. The molecule has 222 valence electrons. The summed E-state index contributed by atoms with van der Waals surface area (Å²) in [7, 11) is 0. The van der Waals surface area contributed by atoms with E-state index in [0.717, 1.165) is 0 Å². The van der Waals surface area contributed by atoms with Crippen molar-refractivity contribution in [1.29, 1.82) is 0 Å². The minimum absolute atomic E-state index is 0.0558. The van der Waals surface area contributed by atoms with E-state index in [9.17, 15) is 28.3 Å². The molecule has 1 aliphatic rings. The summed E-state index contributed by atoms with van der Waals surface area (Å²) < 4.78 is 80.8. The lowest BCUT2D eigenvalue weighted by molar-refractivity contribution is -0.241. The maximum absolute atomic E-state index is 15.4. The van der Waals surface area contributed by atoms with Crippen LogP contribution < -0.4 is 20.9 Å². The number of aromatic nitrogens is 2. The topological polar surface area (TPSA) is 141 Å². The molecule has 5 atom stereocenters. The molecule has 2 heterocycles. The van der Waals surface area contributed by atoms with Crippen LogP contribution in [0.3, 0.4) is 0 Å². The van der Waals surface area contributed by atoms with Crippen molar-refractivity contribution in [3.8, 4) is 5.75 Å². The monoisotopic (exact) mass is 633 g/mol. The summed E-state index contributed by atoms with van der Waals surface area (Å²) in [6, 6.07) is 6.29. The first-order chi connectivity index (χ1) is 18.5. The number of H-pyrrole nitrogens is 1. The predicted octanol–water partition coefficient (Wildman–Crippen LogP) is 2.97. The van der Waals surface area contributed by atoms with Crippen molar-refractivity contribution < 1.29 is 46.0 Å². The highest BCUT2D eigenvalue weighted by Gasteiger charge is 2.74. The van der Waals surface area contributed by atoms with Crippen molar-refractivity contribution >= 4 is 36.0 Å². The molecule has 18 heteroatoms. The second-order valence-corrected chi connectivity index (χ2v) is 12.5. The number of aromatic amines is 1. The number of nitrogens with zero attached hydrogens (tertiary/aromatic N) is 1. The van der Waals surface area contributed by atoms with Crippen molar-refractivity contribution in [2.24, 2.45) is 0 Å². The van der Waals surface area contributed by atoms with Crippen molar-refractivity contribution in [2.75, 3.05) is 6.61 Å². The van der Waals surface area contributed by atoms with Gasteiger partial charge in [0.25, 0.3) is 12.0 Å². The standard InChI is InChI=1S/C22H25ClF4N3O8PS/c1-11(2)36-18(33)12(3)29-39(40,38-13-7-5-4-6-8-13)35-10-21(19(24)25)22(26,27)15(31)17(37-21)30-9-14(23)16(32)28-20(30)34/h4-9,11-12,15,17,19,31H,10H2,1-3H3,(H,29,40)(H,28,32,34). The molecule has 3 rings (SSSR count). The number of hydrogen-bond donors (Lipinski definition) is 3. The largest absolute Gasteiger partial charge is 0.462 e. The molecular weight excluding hydrogens is 609 g/mol. The van der Waals surface area contributed by atoms with Crippen LogP contribution in [-0.4, -0.2) is 63.4 Å². The van der Waals surface area contributed by atoms with Gasteiger partial charge >= 0.3 is 24.2 Å². The maximum Gasteiger partial charge on any atom is 0.330 e. The van der Waals surface area contributed by atoms with Gasteiger partial charge in [-0.2, -0.15) is 8.78 Å². The van der Waals surface area contributed by atoms with Crippen LogP contribution in [0.25, 0.3) is 0 Å². The summed E-state index contributed by atoms with van der Waals surface area (Å²) in [4.78, 5) is 37.8. The Morgan fingerprint density at radius 2 is 1.90 bits per heavy atom. The summed E-state index contributed by atoms with van der Waals surface area (Å²) in [6.45, 7) is -1.31. The number of para-hydroxylation sites is 1. The molecule has 3 N–H and O–H groups in total. The molecule has 1 saturated heterocycles. The average molecular weight is 634 g/mol. The first-order valence-corrected chi connectivity index (χ1v) is 14.5. The molecule has 1 aromatic heterocycles. The second-order valence-electron chi connectivity index (χ2n) is 8.92. The molecule has 40 heavy (non-hydrogen) atoms. The van der Waals surface area contributed by atoms with E-state index >= 15 is 8.78 Å². The van der Waals surface area contributed by atoms with Crippen molar-refractivity contribution in [2.45, 2.75) is 63.2 Å². The molecule has 1 aliphatic heterocycles. The van der Waals surface area contributed by atoms with Crippen molar-refractivity contribution in [3.63, 3.8) is 0 Å². The fourth-order valence-corrected chi connectivity index (χ4v) is 6.12. The van der Waals surface area contributed by atoms with Crippen LogP contribution in [0.2, 0.25) is 5.02 Å². The van der Waals surface area contributed by atoms with E-state index in [-0.39, 0.29) is 10.3 Å². The van der Waals surface area contributed by atoms with Gasteiger partial charge in [0.05, 0.1) is 12.7 Å². The number of esters is 1. The van der Waals surface area contributed by atoms with E-state index in [1.807, 2.05) is 0 Å². The second kappa shape index (κ2) is 12.3. The number of hydrogen-bond acceptors (Lipinski definition) is 9. The number of aliphatic hydroxyl groups excluding tert-OH is 1. The lowest BCUT2D eigenvalue weighted by Gasteiger charge is -2.35. The van der Waals surface area contributed by atoms with Gasteiger partial charge in [-0.15, -0.1) is 0 Å². The van der Waals surface area contributed by atoms with E-state index in [1.165, 1.54) is 31.2 Å². The van der Waals surface area contributed by atoms with Gasteiger partial charge < -0.3 is 23.6 Å². The number of benzene rings is 1. The molecule has 0 bridgehead atoms. The third-order valence-electron chi connectivity index (χ3n) is 5.56. The first-order valence-electron chi connectivity index (χ1n) is 11.5. The van der Waals surface area contributed by atoms with E-state index < -0.39 is 77.9 Å². The van der Waals surface area contributed by atoms with E-state index in [0.29, 0.717) is 6.20 Å². The quantitative estimate of drug-likeness (QED) is 0.192. The Labute approximate surface area is 234 Å². The fourth-order valence-electron chi connectivity index (χ4n) is 3.55. The molecule has 2 aromatic rings.